The number of hydrogen-bond donors (Lipinski definition) is 0. The van der Waals surface area contributed by atoms with E-state index in [1.807, 2.05) is 43.3 Å². The van der Waals surface area contributed by atoms with Gasteiger partial charge in [-0.3, -0.25) is 9.78 Å². The molecule has 2 aliphatic heterocycles. The summed E-state index contributed by atoms with van der Waals surface area (Å²) in [5.74, 6) is 3.11. The molecule has 4 heterocycles. The molecule has 2 aromatic heterocycles. The number of carbonyl (C=O) groups is 1. The number of aryl methyl sites for hydroxylation is 1. The third-order valence-electron chi connectivity index (χ3n) is 6.25. The summed E-state index contributed by atoms with van der Waals surface area (Å²) >= 11 is 0. The van der Waals surface area contributed by atoms with Gasteiger partial charge in [-0.1, -0.05) is 6.07 Å². The molecule has 1 fully saturated rings. The van der Waals surface area contributed by atoms with Crippen molar-refractivity contribution in [2.24, 2.45) is 5.92 Å². The normalized spacial score (nSPS) is 16.1. The van der Waals surface area contributed by atoms with Gasteiger partial charge in [-0.25, -0.2) is 9.97 Å². The Balaban J connectivity index is 1.32. The Bertz CT molecular complexity index is 1140. The van der Waals surface area contributed by atoms with Crippen LogP contribution in [0, 0.1) is 19.8 Å². The zero-order valence-corrected chi connectivity index (χ0v) is 18.4. The molecule has 5 rings (SSSR count). The summed E-state index contributed by atoms with van der Waals surface area (Å²) in [6, 6.07) is 11.2. The van der Waals surface area contributed by atoms with Crippen molar-refractivity contribution in [3.63, 3.8) is 0 Å². The lowest BCUT2D eigenvalue weighted by molar-refractivity contribution is 0.0899. The van der Waals surface area contributed by atoms with Crippen LogP contribution in [-0.4, -0.2) is 47.0 Å². The van der Waals surface area contributed by atoms with Crippen molar-refractivity contribution in [3.8, 4) is 23.0 Å². The molecule has 1 aromatic carbocycles. The predicted octanol–water partition coefficient (Wildman–Crippen LogP) is 4.03. The number of fused-ring (bicyclic) bond motifs is 1. The average molecular weight is 431 g/mol. The summed E-state index contributed by atoms with van der Waals surface area (Å²) in [6.07, 6.45) is 3.33. The predicted molar refractivity (Wildman–Crippen MR) is 121 cm³/mol. The van der Waals surface area contributed by atoms with E-state index in [0.29, 0.717) is 36.1 Å². The van der Waals surface area contributed by atoms with Crippen molar-refractivity contribution in [1.82, 2.24) is 15.0 Å². The molecular formula is C25H26N4O3. The molecule has 0 radical (unpaired) electrons. The first kappa shape index (κ1) is 20.4. The third kappa shape index (κ3) is 3.90. The highest BCUT2D eigenvalue weighted by atomic mass is 16.6. The molecule has 0 atom stereocenters. The second-order valence-corrected chi connectivity index (χ2v) is 8.28. The smallest absolute Gasteiger partial charge is 0.180 e. The number of ketones is 1. The van der Waals surface area contributed by atoms with E-state index in [0.717, 1.165) is 48.7 Å². The summed E-state index contributed by atoms with van der Waals surface area (Å²) in [7, 11) is 0. The van der Waals surface area contributed by atoms with Gasteiger partial charge in [-0.05, 0) is 57.0 Å². The molecule has 7 heteroatoms. The maximum Gasteiger partial charge on any atom is 0.180 e. The Morgan fingerprint density at radius 2 is 1.78 bits per heavy atom. The lowest BCUT2D eigenvalue weighted by Crippen LogP contribution is -2.37. The van der Waals surface area contributed by atoms with Crippen LogP contribution in [0.5, 0.6) is 11.5 Å². The molecule has 7 nitrogen and oxygen atoms in total. The summed E-state index contributed by atoms with van der Waals surface area (Å²) in [6.45, 7) is 6.67. The maximum atomic E-state index is 13.1. The van der Waals surface area contributed by atoms with Crippen LogP contribution in [0.1, 0.15) is 34.5 Å². The topological polar surface area (TPSA) is 77.4 Å². The van der Waals surface area contributed by atoms with E-state index in [1.165, 1.54) is 0 Å². The molecule has 0 unspecified atom stereocenters. The van der Waals surface area contributed by atoms with Gasteiger partial charge in [0.25, 0.3) is 0 Å². The first-order valence-corrected chi connectivity index (χ1v) is 11.1. The maximum absolute atomic E-state index is 13.1. The Kier molecular flexibility index (Phi) is 5.47. The first-order chi connectivity index (χ1) is 15.6. The van der Waals surface area contributed by atoms with Gasteiger partial charge < -0.3 is 14.4 Å². The van der Waals surface area contributed by atoms with Crippen molar-refractivity contribution in [2.75, 3.05) is 31.2 Å². The van der Waals surface area contributed by atoms with Crippen molar-refractivity contribution in [3.05, 3.63) is 59.4 Å². The molecule has 0 aliphatic carbocycles. The fourth-order valence-corrected chi connectivity index (χ4v) is 4.32. The SMILES string of the molecule is Cc1nc(-c2ccccn2)nc(N2CCC(C(=O)c3ccc4c(c3)OCCO4)CC2)c1C. The number of hydrogen-bond acceptors (Lipinski definition) is 7. The fourth-order valence-electron chi connectivity index (χ4n) is 4.32. The van der Waals surface area contributed by atoms with E-state index in [-0.39, 0.29) is 11.7 Å². The second-order valence-electron chi connectivity index (χ2n) is 8.28. The van der Waals surface area contributed by atoms with Crippen LogP contribution >= 0.6 is 0 Å². The summed E-state index contributed by atoms with van der Waals surface area (Å²) in [5, 5.41) is 0. The van der Waals surface area contributed by atoms with Gasteiger partial charge in [-0.2, -0.15) is 0 Å². The van der Waals surface area contributed by atoms with E-state index in [2.05, 4.69) is 21.8 Å². The van der Waals surface area contributed by atoms with Gasteiger partial charge in [0.05, 0.1) is 0 Å². The van der Waals surface area contributed by atoms with Crippen LogP contribution in [0.15, 0.2) is 42.6 Å². The number of carbonyl (C=O) groups excluding carboxylic acids is 1. The van der Waals surface area contributed by atoms with Crippen LogP contribution in [0.3, 0.4) is 0 Å². The molecule has 3 aromatic rings. The molecule has 0 N–H and O–H groups in total. The van der Waals surface area contributed by atoms with Crippen LogP contribution in [-0.2, 0) is 0 Å². The Morgan fingerprint density at radius 1 is 1.00 bits per heavy atom. The minimum Gasteiger partial charge on any atom is -0.486 e. The molecule has 0 spiro atoms. The molecule has 2 aliphatic rings. The van der Waals surface area contributed by atoms with Crippen LogP contribution < -0.4 is 14.4 Å². The highest BCUT2D eigenvalue weighted by molar-refractivity contribution is 5.98. The highest BCUT2D eigenvalue weighted by Gasteiger charge is 2.28. The average Bonchev–Trinajstić information content (AvgIpc) is 2.85. The monoisotopic (exact) mass is 430 g/mol. The van der Waals surface area contributed by atoms with Gasteiger partial charge in [0.2, 0.25) is 0 Å². The van der Waals surface area contributed by atoms with E-state index < -0.39 is 0 Å². The lowest BCUT2D eigenvalue weighted by atomic mass is 9.88. The standard InChI is InChI=1S/C25H26N4O3/c1-16-17(2)27-24(20-5-3-4-10-26-20)28-25(16)29-11-8-18(9-12-29)23(30)19-6-7-21-22(15-19)32-14-13-31-21/h3-7,10,15,18H,8-9,11-14H2,1-2H3. The number of anilines is 1. The fraction of sp³-hybridized carbons (Fsp3) is 0.360. The summed E-state index contributed by atoms with van der Waals surface area (Å²) in [5.41, 5.74) is 3.48. The van der Waals surface area contributed by atoms with Gasteiger partial charge >= 0.3 is 0 Å². The van der Waals surface area contributed by atoms with Crippen LogP contribution in [0.2, 0.25) is 0 Å². The van der Waals surface area contributed by atoms with E-state index >= 15 is 0 Å². The molecule has 164 valence electrons. The van der Waals surface area contributed by atoms with Crippen LogP contribution in [0.4, 0.5) is 5.82 Å². The number of pyridine rings is 1. The number of piperidine rings is 1. The first-order valence-electron chi connectivity index (χ1n) is 11.1. The molecular weight excluding hydrogens is 404 g/mol. The van der Waals surface area contributed by atoms with Crippen molar-refractivity contribution in [2.45, 2.75) is 26.7 Å². The Morgan fingerprint density at radius 3 is 2.53 bits per heavy atom. The number of ether oxygens (including phenoxy) is 2. The summed E-state index contributed by atoms with van der Waals surface area (Å²) in [4.78, 5) is 29.3. The van der Waals surface area contributed by atoms with E-state index in [9.17, 15) is 4.79 Å². The molecule has 0 saturated carbocycles. The largest absolute Gasteiger partial charge is 0.486 e. The van der Waals surface area contributed by atoms with E-state index in [1.54, 1.807) is 6.20 Å². The van der Waals surface area contributed by atoms with Gasteiger partial charge in [0.1, 0.15) is 24.7 Å². The number of nitrogens with zero attached hydrogens (tertiary/aromatic N) is 4. The Hall–Kier alpha value is -3.48. The van der Waals surface area contributed by atoms with Crippen molar-refractivity contribution in [1.29, 1.82) is 0 Å². The highest BCUT2D eigenvalue weighted by Crippen LogP contribution is 2.33. The summed E-state index contributed by atoms with van der Waals surface area (Å²) < 4.78 is 11.2. The molecule has 32 heavy (non-hydrogen) atoms. The van der Waals surface area contributed by atoms with Crippen molar-refractivity contribution >= 4 is 11.6 Å². The van der Waals surface area contributed by atoms with Crippen molar-refractivity contribution < 1.29 is 14.3 Å². The minimum atomic E-state index is -0.00712. The van der Waals surface area contributed by atoms with Crippen LogP contribution in [0.25, 0.3) is 11.5 Å². The zero-order valence-electron chi connectivity index (χ0n) is 18.4. The van der Waals surface area contributed by atoms with Gasteiger partial charge in [0.15, 0.2) is 23.1 Å². The zero-order chi connectivity index (χ0) is 22.1. The van der Waals surface area contributed by atoms with E-state index in [4.69, 9.17) is 14.5 Å². The third-order valence-corrected chi connectivity index (χ3v) is 6.25. The van der Waals surface area contributed by atoms with Gasteiger partial charge in [-0.15, -0.1) is 0 Å². The lowest BCUT2D eigenvalue weighted by Gasteiger charge is -2.33. The Labute approximate surface area is 187 Å². The minimum absolute atomic E-state index is 0.00712. The molecule has 1 saturated heterocycles. The number of aromatic nitrogens is 3. The van der Waals surface area contributed by atoms with Gasteiger partial charge in [0, 0.05) is 42.0 Å². The molecule has 0 amide bonds. The number of benzene rings is 1. The number of rotatable bonds is 4. The number of Topliss-reactive ketones (excluding diaryl/α,β-unsaturated/α-hetero) is 1. The second kappa shape index (κ2) is 8.57. The molecule has 0 bridgehead atoms. The quantitative estimate of drug-likeness (QED) is 0.579.